The fourth-order valence-corrected chi connectivity index (χ4v) is 1.17. The van der Waals surface area contributed by atoms with Gasteiger partial charge in [0, 0.05) is 26.7 Å². The molecule has 0 bridgehead atoms. The average molecular weight is 343 g/mol. The molecular weight excluding hydrogens is 317 g/mol. The zero-order valence-electron chi connectivity index (χ0n) is 10.7. The molecule has 0 amide bonds. The molecule has 4 nitrogen and oxygen atoms in total. The first-order valence-corrected chi connectivity index (χ1v) is 5.86. The van der Waals surface area contributed by atoms with Crippen molar-refractivity contribution in [3.63, 3.8) is 0 Å². The Kier molecular flexibility index (Phi) is 17.1. The van der Waals surface area contributed by atoms with Gasteiger partial charge in [-0.05, 0) is 13.3 Å². The second kappa shape index (κ2) is 15.0. The molecule has 0 fully saturated rings. The van der Waals surface area contributed by atoms with Crippen molar-refractivity contribution in [2.75, 3.05) is 33.4 Å². The van der Waals surface area contributed by atoms with Gasteiger partial charge in [0.2, 0.25) is 0 Å². The molecule has 0 spiro atoms. The number of guanidine groups is 1. The van der Waals surface area contributed by atoms with E-state index in [0.717, 1.165) is 32.0 Å². The van der Waals surface area contributed by atoms with Gasteiger partial charge in [0.15, 0.2) is 5.96 Å². The Morgan fingerprint density at radius 2 is 1.94 bits per heavy atom. The third-order valence-electron chi connectivity index (χ3n) is 1.97. The van der Waals surface area contributed by atoms with Crippen LogP contribution < -0.4 is 10.6 Å². The Morgan fingerprint density at radius 1 is 1.19 bits per heavy atom. The van der Waals surface area contributed by atoms with Gasteiger partial charge in [0.05, 0.1) is 6.61 Å². The molecule has 98 valence electrons. The van der Waals surface area contributed by atoms with E-state index in [9.17, 15) is 0 Å². The highest BCUT2D eigenvalue weighted by molar-refractivity contribution is 14.0. The number of nitrogens with zero attached hydrogens (tertiary/aromatic N) is 1. The van der Waals surface area contributed by atoms with Gasteiger partial charge in [-0.3, -0.25) is 4.99 Å². The molecule has 0 rings (SSSR count). The van der Waals surface area contributed by atoms with Crippen LogP contribution in [0.5, 0.6) is 0 Å². The number of hydrogen-bond acceptors (Lipinski definition) is 2. The maximum atomic E-state index is 4.97. The van der Waals surface area contributed by atoms with Crippen LogP contribution in [0.3, 0.4) is 0 Å². The summed E-state index contributed by atoms with van der Waals surface area (Å²) in [6, 6.07) is 0. The number of ether oxygens (including phenoxy) is 1. The molecule has 0 radical (unpaired) electrons. The quantitative estimate of drug-likeness (QED) is 0.307. The van der Waals surface area contributed by atoms with E-state index >= 15 is 0 Å². The van der Waals surface area contributed by atoms with E-state index in [2.05, 4.69) is 29.5 Å². The molecule has 0 atom stereocenters. The number of rotatable bonds is 8. The maximum absolute atomic E-state index is 4.97. The van der Waals surface area contributed by atoms with Crippen molar-refractivity contribution in [1.29, 1.82) is 0 Å². The second-order valence-electron chi connectivity index (χ2n) is 3.39. The van der Waals surface area contributed by atoms with Crippen molar-refractivity contribution in [1.82, 2.24) is 10.6 Å². The van der Waals surface area contributed by atoms with E-state index in [0.29, 0.717) is 6.61 Å². The molecule has 5 heteroatoms. The monoisotopic (exact) mass is 343 g/mol. The molecule has 16 heavy (non-hydrogen) atoms. The van der Waals surface area contributed by atoms with Crippen molar-refractivity contribution < 1.29 is 4.74 Å². The number of hydrogen-bond donors (Lipinski definition) is 2. The number of unbranched alkanes of at least 4 members (excludes halogenated alkanes) is 2. The third kappa shape index (κ3) is 12.0. The normalized spacial score (nSPS) is 10.8. The summed E-state index contributed by atoms with van der Waals surface area (Å²) in [4.78, 5) is 4.46. The van der Waals surface area contributed by atoms with Crippen LogP contribution in [0.2, 0.25) is 0 Å². The fourth-order valence-electron chi connectivity index (χ4n) is 1.17. The zero-order chi connectivity index (χ0) is 11.4. The lowest BCUT2D eigenvalue weighted by Crippen LogP contribution is -2.39. The molecule has 2 N–H and O–H groups in total. The van der Waals surface area contributed by atoms with Gasteiger partial charge in [0.25, 0.3) is 0 Å². The van der Waals surface area contributed by atoms with E-state index in [4.69, 9.17) is 4.74 Å². The van der Waals surface area contributed by atoms with Crippen LogP contribution in [-0.4, -0.2) is 39.3 Å². The first-order valence-electron chi connectivity index (χ1n) is 5.86. The molecule has 0 aromatic rings. The molecule has 0 saturated heterocycles. The summed E-state index contributed by atoms with van der Waals surface area (Å²) >= 11 is 0. The lowest BCUT2D eigenvalue weighted by Gasteiger charge is -2.10. The summed E-state index contributed by atoms with van der Waals surface area (Å²) in [5.41, 5.74) is 0. The predicted octanol–water partition coefficient (Wildman–Crippen LogP) is 2.00. The first-order chi connectivity index (χ1) is 7.35. The van der Waals surface area contributed by atoms with Gasteiger partial charge < -0.3 is 15.4 Å². The summed E-state index contributed by atoms with van der Waals surface area (Å²) in [6.45, 7) is 7.57. The highest BCUT2D eigenvalue weighted by Crippen LogP contribution is 1.93. The summed E-state index contributed by atoms with van der Waals surface area (Å²) in [7, 11) is 1.70. The SMILES string of the molecule is CCCCCN=C(NCC)NCCOC.I. The zero-order valence-corrected chi connectivity index (χ0v) is 13.0. The molecule has 0 saturated carbocycles. The van der Waals surface area contributed by atoms with Crippen molar-refractivity contribution in [2.24, 2.45) is 4.99 Å². The minimum Gasteiger partial charge on any atom is -0.383 e. The van der Waals surface area contributed by atoms with Gasteiger partial charge in [-0.25, -0.2) is 0 Å². The van der Waals surface area contributed by atoms with E-state index in [1.54, 1.807) is 7.11 Å². The Balaban J connectivity index is 0. The molecule has 0 unspecified atom stereocenters. The van der Waals surface area contributed by atoms with Gasteiger partial charge in [-0.1, -0.05) is 19.8 Å². The summed E-state index contributed by atoms with van der Waals surface area (Å²) in [6.07, 6.45) is 3.65. The largest absolute Gasteiger partial charge is 0.383 e. The van der Waals surface area contributed by atoms with E-state index in [-0.39, 0.29) is 24.0 Å². The topological polar surface area (TPSA) is 45.7 Å². The standard InChI is InChI=1S/C11H25N3O.HI/c1-4-6-7-8-13-11(12-5-2)14-9-10-15-3;/h4-10H2,1-3H3,(H2,12,13,14);1H. The highest BCUT2D eigenvalue weighted by atomic mass is 127. The van der Waals surface area contributed by atoms with Crippen LogP contribution in [0.15, 0.2) is 4.99 Å². The van der Waals surface area contributed by atoms with Crippen LogP contribution >= 0.6 is 24.0 Å². The Bertz CT molecular complexity index is 165. The van der Waals surface area contributed by atoms with Gasteiger partial charge in [-0.2, -0.15) is 0 Å². The number of aliphatic imine (C=N–C) groups is 1. The Morgan fingerprint density at radius 3 is 2.50 bits per heavy atom. The fraction of sp³-hybridized carbons (Fsp3) is 0.909. The lowest BCUT2D eigenvalue weighted by molar-refractivity contribution is 0.203. The summed E-state index contributed by atoms with van der Waals surface area (Å²) in [5, 5.41) is 6.41. The molecule has 0 aliphatic heterocycles. The van der Waals surface area contributed by atoms with E-state index in [1.807, 2.05) is 0 Å². The van der Waals surface area contributed by atoms with Crippen LogP contribution in [0, 0.1) is 0 Å². The minimum absolute atomic E-state index is 0. The lowest BCUT2D eigenvalue weighted by atomic mass is 10.2. The van der Waals surface area contributed by atoms with Gasteiger partial charge >= 0.3 is 0 Å². The van der Waals surface area contributed by atoms with Gasteiger partial charge in [0.1, 0.15) is 0 Å². The van der Waals surface area contributed by atoms with E-state index in [1.165, 1.54) is 12.8 Å². The van der Waals surface area contributed by atoms with E-state index < -0.39 is 0 Å². The molecule has 0 aromatic carbocycles. The first kappa shape index (κ1) is 18.3. The van der Waals surface area contributed by atoms with Crippen molar-refractivity contribution in [2.45, 2.75) is 33.1 Å². The third-order valence-corrected chi connectivity index (χ3v) is 1.97. The molecule has 0 heterocycles. The van der Waals surface area contributed by atoms with Crippen molar-refractivity contribution in [3.8, 4) is 0 Å². The average Bonchev–Trinajstić information content (AvgIpc) is 2.24. The summed E-state index contributed by atoms with van der Waals surface area (Å²) < 4.78 is 4.97. The molecule has 0 aliphatic rings. The van der Waals surface area contributed by atoms with Gasteiger partial charge in [-0.15, -0.1) is 24.0 Å². The van der Waals surface area contributed by atoms with Crippen LogP contribution in [0.1, 0.15) is 33.1 Å². The van der Waals surface area contributed by atoms with Crippen LogP contribution in [0.4, 0.5) is 0 Å². The molecule has 0 aromatic heterocycles. The van der Waals surface area contributed by atoms with Crippen LogP contribution in [0.25, 0.3) is 0 Å². The Hall–Kier alpha value is -0.0400. The Labute approximate surface area is 117 Å². The maximum Gasteiger partial charge on any atom is 0.191 e. The predicted molar refractivity (Wildman–Crippen MR) is 80.8 cm³/mol. The minimum atomic E-state index is 0. The number of nitrogens with one attached hydrogen (secondary N) is 2. The van der Waals surface area contributed by atoms with Crippen LogP contribution in [-0.2, 0) is 4.74 Å². The summed E-state index contributed by atoms with van der Waals surface area (Å²) in [5.74, 6) is 0.894. The number of methoxy groups -OCH3 is 1. The second-order valence-corrected chi connectivity index (χ2v) is 3.39. The smallest absolute Gasteiger partial charge is 0.191 e. The van der Waals surface area contributed by atoms with Crippen molar-refractivity contribution in [3.05, 3.63) is 0 Å². The molecular formula is C11H26IN3O. The van der Waals surface area contributed by atoms with Crippen molar-refractivity contribution >= 4 is 29.9 Å². The highest BCUT2D eigenvalue weighted by Gasteiger charge is 1.94. The molecule has 0 aliphatic carbocycles. The number of halogens is 1.